The summed E-state index contributed by atoms with van der Waals surface area (Å²) in [5.41, 5.74) is 1.85. The molecule has 1 unspecified atom stereocenters. The number of halogens is 1. The van der Waals surface area contributed by atoms with Gasteiger partial charge in [-0.1, -0.05) is 23.7 Å². The molecule has 0 saturated heterocycles. The fourth-order valence-electron chi connectivity index (χ4n) is 2.42. The summed E-state index contributed by atoms with van der Waals surface area (Å²) in [6.45, 7) is 0. The van der Waals surface area contributed by atoms with Crippen LogP contribution in [0.2, 0.25) is 4.34 Å². The molecule has 1 atom stereocenters. The molecule has 0 spiro atoms. The zero-order valence-electron chi connectivity index (χ0n) is 9.93. The van der Waals surface area contributed by atoms with Gasteiger partial charge in [0.1, 0.15) is 5.69 Å². The molecule has 0 radical (unpaired) electrons. The molecule has 3 rings (SSSR count). The van der Waals surface area contributed by atoms with Crippen molar-refractivity contribution in [1.82, 2.24) is 0 Å². The Morgan fingerprint density at radius 1 is 1.42 bits per heavy atom. The molecule has 6 heteroatoms. The van der Waals surface area contributed by atoms with Crippen LogP contribution in [-0.4, -0.2) is 4.92 Å². The minimum absolute atomic E-state index is 0.109. The molecule has 1 aliphatic carbocycles. The van der Waals surface area contributed by atoms with Crippen molar-refractivity contribution in [2.75, 3.05) is 5.32 Å². The second kappa shape index (κ2) is 4.83. The number of anilines is 1. The van der Waals surface area contributed by atoms with Crippen LogP contribution in [-0.2, 0) is 6.42 Å². The minimum Gasteiger partial charge on any atom is -0.373 e. The first kappa shape index (κ1) is 12.4. The number of aryl methyl sites for hydroxylation is 1. The molecule has 1 heterocycles. The van der Waals surface area contributed by atoms with Crippen LogP contribution in [0.15, 0.2) is 30.3 Å². The summed E-state index contributed by atoms with van der Waals surface area (Å²) in [5, 5.41) is 14.3. The van der Waals surface area contributed by atoms with E-state index in [1.807, 2.05) is 6.07 Å². The maximum absolute atomic E-state index is 11.0. The number of thiophene rings is 1. The van der Waals surface area contributed by atoms with Crippen molar-refractivity contribution in [2.45, 2.75) is 18.9 Å². The number of nitro benzene ring substituents is 1. The molecule has 1 aliphatic rings. The van der Waals surface area contributed by atoms with Crippen molar-refractivity contribution >= 4 is 34.3 Å². The maximum Gasteiger partial charge on any atom is 0.292 e. The number of benzene rings is 1. The quantitative estimate of drug-likeness (QED) is 0.674. The number of nitrogens with zero attached hydrogens (tertiary/aromatic N) is 1. The van der Waals surface area contributed by atoms with Crippen LogP contribution in [0.25, 0.3) is 0 Å². The highest BCUT2D eigenvalue weighted by molar-refractivity contribution is 7.16. The van der Waals surface area contributed by atoms with E-state index in [4.69, 9.17) is 11.6 Å². The molecule has 0 saturated carbocycles. The number of rotatable bonds is 3. The number of hydrogen-bond acceptors (Lipinski definition) is 4. The van der Waals surface area contributed by atoms with Crippen LogP contribution in [0.5, 0.6) is 0 Å². The first-order chi connectivity index (χ1) is 9.15. The lowest BCUT2D eigenvalue weighted by Crippen LogP contribution is -2.08. The highest BCUT2D eigenvalue weighted by atomic mass is 35.5. The van der Waals surface area contributed by atoms with Crippen LogP contribution in [0.4, 0.5) is 11.4 Å². The average Bonchev–Trinajstić information content (AvgIpc) is 2.91. The summed E-state index contributed by atoms with van der Waals surface area (Å²) in [4.78, 5) is 11.9. The highest BCUT2D eigenvalue weighted by Gasteiger charge is 2.26. The van der Waals surface area contributed by atoms with Crippen molar-refractivity contribution in [3.8, 4) is 0 Å². The van der Waals surface area contributed by atoms with Crippen molar-refractivity contribution in [2.24, 2.45) is 0 Å². The first-order valence-corrected chi connectivity index (χ1v) is 7.12. The molecule has 0 bridgehead atoms. The Morgan fingerprint density at radius 2 is 2.21 bits per heavy atom. The largest absolute Gasteiger partial charge is 0.373 e. The van der Waals surface area contributed by atoms with Gasteiger partial charge in [-0.3, -0.25) is 10.1 Å². The van der Waals surface area contributed by atoms with Gasteiger partial charge < -0.3 is 5.32 Å². The molecule has 2 aromatic rings. The molecule has 19 heavy (non-hydrogen) atoms. The Morgan fingerprint density at radius 3 is 3.00 bits per heavy atom. The van der Waals surface area contributed by atoms with Gasteiger partial charge in [-0.15, -0.1) is 11.3 Å². The third kappa shape index (κ3) is 2.31. The van der Waals surface area contributed by atoms with E-state index < -0.39 is 0 Å². The van der Waals surface area contributed by atoms with Crippen molar-refractivity contribution in [3.63, 3.8) is 0 Å². The van der Waals surface area contributed by atoms with Gasteiger partial charge in [0, 0.05) is 10.9 Å². The van der Waals surface area contributed by atoms with Gasteiger partial charge in [-0.25, -0.2) is 0 Å². The molecule has 98 valence electrons. The van der Waals surface area contributed by atoms with Gasteiger partial charge in [0.05, 0.1) is 15.3 Å². The number of para-hydroxylation sites is 2. The van der Waals surface area contributed by atoms with Crippen LogP contribution < -0.4 is 5.32 Å². The molecule has 1 N–H and O–H groups in total. The predicted octanol–water partition coefficient (Wildman–Crippen LogP) is 4.41. The van der Waals surface area contributed by atoms with E-state index in [2.05, 4.69) is 5.32 Å². The van der Waals surface area contributed by atoms with E-state index in [-0.39, 0.29) is 16.7 Å². The van der Waals surface area contributed by atoms with E-state index in [1.165, 1.54) is 16.5 Å². The third-order valence-electron chi connectivity index (χ3n) is 3.28. The molecule has 4 nitrogen and oxygen atoms in total. The predicted molar refractivity (Wildman–Crippen MR) is 77.1 cm³/mol. The lowest BCUT2D eigenvalue weighted by atomic mass is 10.1. The summed E-state index contributed by atoms with van der Waals surface area (Å²) in [7, 11) is 0. The van der Waals surface area contributed by atoms with Gasteiger partial charge in [0.15, 0.2) is 0 Å². The van der Waals surface area contributed by atoms with E-state index in [1.54, 1.807) is 29.5 Å². The average molecular weight is 295 g/mol. The Bertz CT molecular complexity index is 641. The van der Waals surface area contributed by atoms with Gasteiger partial charge >= 0.3 is 0 Å². The lowest BCUT2D eigenvalue weighted by Gasteiger charge is -2.14. The van der Waals surface area contributed by atoms with Gasteiger partial charge in [0.2, 0.25) is 0 Å². The summed E-state index contributed by atoms with van der Waals surface area (Å²) in [5.74, 6) is 0. The Labute approximate surface area is 119 Å². The zero-order valence-corrected chi connectivity index (χ0v) is 11.5. The second-order valence-electron chi connectivity index (χ2n) is 4.44. The smallest absolute Gasteiger partial charge is 0.292 e. The fourth-order valence-corrected chi connectivity index (χ4v) is 3.78. The summed E-state index contributed by atoms with van der Waals surface area (Å²) in [6, 6.07) is 8.79. The summed E-state index contributed by atoms with van der Waals surface area (Å²) in [6.07, 6.45) is 1.93. The standard InChI is InChI=1S/C13H11ClN2O2S/c14-13-7-8-9(5-6-12(8)19-13)15-10-3-1-2-4-11(10)16(17)18/h1-4,7,9,15H,5-6H2. The van der Waals surface area contributed by atoms with Crippen molar-refractivity contribution in [1.29, 1.82) is 0 Å². The molecule has 1 aromatic heterocycles. The van der Waals surface area contributed by atoms with Gasteiger partial charge in [-0.2, -0.15) is 0 Å². The first-order valence-electron chi connectivity index (χ1n) is 5.93. The van der Waals surface area contributed by atoms with Crippen LogP contribution >= 0.6 is 22.9 Å². The number of nitro groups is 1. The summed E-state index contributed by atoms with van der Waals surface area (Å²) < 4.78 is 0.777. The van der Waals surface area contributed by atoms with Crippen molar-refractivity contribution < 1.29 is 4.92 Å². The van der Waals surface area contributed by atoms with E-state index in [0.717, 1.165) is 17.2 Å². The Kier molecular flexibility index (Phi) is 3.16. The van der Waals surface area contributed by atoms with Gasteiger partial charge in [0.25, 0.3) is 5.69 Å². The summed E-state index contributed by atoms with van der Waals surface area (Å²) >= 11 is 7.60. The van der Waals surface area contributed by atoms with E-state index in [9.17, 15) is 10.1 Å². The molecule has 0 fully saturated rings. The molecular formula is C13H11ClN2O2S. The van der Waals surface area contributed by atoms with Crippen LogP contribution in [0, 0.1) is 10.1 Å². The van der Waals surface area contributed by atoms with E-state index in [0.29, 0.717) is 5.69 Å². The number of nitrogens with one attached hydrogen (secondary N) is 1. The third-order valence-corrected chi connectivity index (χ3v) is 4.62. The number of hydrogen-bond donors (Lipinski definition) is 1. The second-order valence-corrected chi connectivity index (χ2v) is 6.21. The minimum atomic E-state index is -0.362. The topological polar surface area (TPSA) is 55.2 Å². The van der Waals surface area contributed by atoms with Crippen LogP contribution in [0.3, 0.4) is 0 Å². The fraction of sp³-hybridized carbons (Fsp3) is 0.231. The Balaban J connectivity index is 1.89. The highest BCUT2D eigenvalue weighted by Crippen LogP contribution is 2.41. The lowest BCUT2D eigenvalue weighted by molar-refractivity contribution is -0.384. The zero-order chi connectivity index (χ0) is 13.4. The van der Waals surface area contributed by atoms with Gasteiger partial charge in [-0.05, 0) is 30.5 Å². The normalized spacial score (nSPS) is 17.2. The molecular weight excluding hydrogens is 284 g/mol. The van der Waals surface area contributed by atoms with E-state index >= 15 is 0 Å². The SMILES string of the molecule is O=[N+]([O-])c1ccccc1NC1CCc2sc(Cl)cc21. The molecule has 0 aliphatic heterocycles. The monoisotopic (exact) mass is 294 g/mol. The number of fused-ring (bicyclic) bond motifs is 1. The maximum atomic E-state index is 11.0. The van der Waals surface area contributed by atoms with Crippen molar-refractivity contribution in [3.05, 3.63) is 55.2 Å². The Hall–Kier alpha value is -1.59. The van der Waals surface area contributed by atoms with Crippen LogP contribution in [0.1, 0.15) is 22.9 Å². The molecule has 0 amide bonds. The molecule has 1 aromatic carbocycles.